The van der Waals surface area contributed by atoms with Crippen LogP contribution in [0.25, 0.3) is 0 Å². The van der Waals surface area contributed by atoms with E-state index in [1.807, 2.05) is 18.2 Å². The van der Waals surface area contributed by atoms with Crippen LogP contribution in [-0.2, 0) is 11.3 Å². The molecule has 1 atom stereocenters. The van der Waals surface area contributed by atoms with Crippen LogP contribution in [0.15, 0.2) is 48.5 Å². The normalized spacial score (nSPS) is 11.9. The van der Waals surface area contributed by atoms with Gasteiger partial charge in [-0.2, -0.15) is 5.10 Å². The highest BCUT2D eigenvalue weighted by Crippen LogP contribution is 2.30. The molecule has 0 radical (unpaired) electrons. The van der Waals surface area contributed by atoms with Crippen molar-refractivity contribution in [2.75, 3.05) is 17.7 Å². The van der Waals surface area contributed by atoms with Gasteiger partial charge in [0.1, 0.15) is 11.4 Å². The van der Waals surface area contributed by atoms with Crippen LogP contribution < -0.4 is 11.1 Å². The summed E-state index contributed by atoms with van der Waals surface area (Å²) >= 11 is 12.0. The lowest BCUT2D eigenvalue weighted by Crippen LogP contribution is -2.14. The maximum atomic E-state index is 12.5. The standard InChI is InChI=1S/C20H20Cl2N4O3/c1-2-29-20(28)17-18(23)26(11-16(27)12-6-4-3-5-7-12)25-19(17)24-13-8-9-14(21)15(22)10-13/h3-10,16,27H,2,11,23H2,1H3,(H,24,25). The van der Waals surface area contributed by atoms with Gasteiger partial charge >= 0.3 is 5.97 Å². The predicted molar refractivity (Wildman–Crippen MR) is 114 cm³/mol. The maximum absolute atomic E-state index is 12.5. The van der Waals surface area contributed by atoms with Crippen LogP contribution in [0, 0.1) is 0 Å². The average Bonchev–Trinajstić information content (AvgIpc) is 3.00. The molecule has 0 amide bonds. The van der Waals surface area contributed by atoms with E-state index in [2.05, 4.69) is 10.4 Å². The highest BCUT2D eigenvalue weighted by Gasteiger charge is 2.25. The van der Waals surface area contributed by atoms with Crippen molar-refractivity contribution >= 4 is 46.5 Å². The fourth-order valence-electron chi connectivity index (χ4n) is 2.76. The number of halogens is 2. The molecule has 3 aromatic rings. The summed E-state index contributed by atoms with van der Waals surface area (Å²) in [5.74, 6) is -0.339. The number of nitrogens with one attached hydrogen (secondary N) is 1. The molecule has 29 heavy (non-hydrogen) atoms. The lowest BCUT2D eigenvalue weighted by Gasteiger charge is -2.12. The van der Waals surface area contributed by atoms with Gasteiger partial charge in [0.25, 0.3) is 0 Å². The number of aromatic nitrogens is 2. The number of anilines is 3. The highest BCUT2D eigenvalue weighted by molar-refractivity contribution is 6.42. The quantitative estimate of drug-likeness (QED) is 0.475. The number of nitrogen functional groups attached to an aromatic ring is 1. The minimum atomic E-state index is -0.855. The molecule has 0 aliphatic carbocycles. The smallest absolute Gasteiger partial charge is 0.345 e. The summed E-state index contributed by atoms with van der Waals surface area (Å²) < 4.78 is 6.48. The minimum Gasteiger partial charge on any atom is -0.462 e. The Morgan fingerprint density at radius 1 is 1.24 bits per heavy atom. The number of ether oxygens (including phenoxy) is 1. The van der Waals surface area contributed by atoms with E-state index in [0.29, 0.717) is 21.3 Å². The van der Waals surface area contributed by atoms with Crippen molar-refractivity contribution < 1.29 is 14.6 Å². The van der Waals surface area contributed by atoms with Crippen molar-refractivity contribution in [3.05, 3.63) is 69.7 Å². The molecular formula is C20H20Cl2N4O3. The summed E-state index contributed by atoms with van der Waals surface area (Å²) in [6, 6.07) is 14.0. The Morgan fingerprint density at radius 3 is 2.62 bits per heavy atom. The lowest BCUT2D eigenvalue weighted by atomic mass is 10.1. The first-order chi connectivity index (χ1) is 13.9. The molecule has 0 aliphatic heterocycles. The first kappa shape index (κ1) is 21.0. The number of rotatable bonds is 7. The number of esters is 1. The van der Waals surface area contributed by atoms with Crippen LogP contribution in [0.2, 0.25) is 10.0 Å². The Labute approximate surface area is 178 Å². The first-order valence-corrected chi connectivity index (χ1v) is 9.64. The Morgan fingerprint density at radius 2 is 1.97 bits per heavy atom. The second-order valence-electron chi connectivity index (χ2n) is 6.19. The first-order valence-electron chi connectivity index (χ1n) is 8.89. The van der Waals surface area contributed by atoms with E-state index in [0.717, 1.165) is 0 Å². The molecule has 7 nitrogen and oxygen atoms in total. The zero-order valence-corrected chi connectivity index (χ0v) is 17.1. The van der Waals surface area contributed by atoms with Crippen LogP contribution >= 0.6 is 23.2 Å². The molecular weight excluding hydrogens is 415 g/mol. The van der Waals surface area contributed by atoms with Crippen LogP contribution in [0.4, 0.5) is 17.3 Å². The van der Waals surface area contributed by atoms with Crippen molar-refractivity contribution in [2.24, 2.45) is 0 Å². The van der Waals surface area contributed by atoms with Gasteiger partial charge in [-0.15, -0.1) is 0 Å². The molecule has 1 unspecified atom stereocenters. The Bertz CT molecular complexity index is 1010. The number of carbonyl (C=O) groups is 1. The topological polar surface area (TPSA) is 102 Å². The van der Waals surface area contributed by atoms with Crippen LogP contribution in [0.1, 0.15) is 28.9 Å². The highest BCUT2D eigenvalue weighted by atomic mass is 35.5. The SMILES string of the molecule is CCOC(=O)c1c(Nc2ccc(Cl)c(Cl)c2)nn(CC(O)c2ccccc2)c1N. The lowest BCUT2D eigenvalue weighted by molar-refractivity contribution is 0.0528. The fraction of sp³-hybridized carbons (Fsp3) is 0.200. The number of hydrogen-bond donors (Lipinski definition) is 3. The molecule has 4 N–H and O–H groups in total. The third-order valence-corrected chi connectivity index (χ3v) is 4.92. The van der Waals surface area contributed by atoms with Gasteiger partial charge in [-0.05, 0) is 30.7 Å². The molecule has 9 heteroatoms. The zero-order valence-electron chi connectivity index (χ0n) is 15.6. The van der Waals surface area contributed by atoms with Crippen molar-refractivity contribution in [1.29, 1.82) is 0 Å². The summed E-state index contributed by atoms with van der Waals surface area (Å²) in [5, 5.41) is 18.6. The number of carbonyl (C=O) groups excluding carboxylic acids is 1. The van der Waals surface area contributed by atoms with Crippen LogP contribution in [-0.4, -0.2) is 27.5 Å². The van der Waals surface area contributed by atoms with Crippen LogP contribution in [0.5, 0.6) is 0 Å². The van der Waals surface area contributed by atoms with Gasteiger partial charge in [-0.1, -0.05) is 53.5 Å². The van der Waals surface area contributed by atoms with E-state index in [4.69, 9.17) is 33.7 Å². The van der Waals surface area contributed by atoms with Crippen LogP contribution in [0.3, 0.4) is 0 Å². The third-order valence-electron chi connectivity index (χ3n) is 4.18. The van der Waals surface area contributed by atoms with Crippen molar-refractivity contribution in [3.8, 4) is 0 Å². The van der Waals surface area contributed by atoms with E-state index in [-0.39, 0.29) is 30.4 Å². The van der Waals surface area contributed by atoms with Gasteiger partial charge in [0.15, 0.2) is 5.82 Å². The molecule has 0 aliphatic rings. The number of aliphatic hydroxyl groups excluding tert-OH is 1. The van der Waals surface area contributed by atoms with Gasteiger partial charge in [0, 0.05) is 5.69 Å². The summed E-state index contributed by atoms with van der Waals surface area (Å²) in [7, 11) is 0. The molecule has 0 spiro atoms. The molecule has 152 valence electrons. The number of hydrogen-bond acceptors (Lipinski definition) is 6. The Balaban J connectivity index is 1.94. The minimum absolute atomic E-state index is 0.0608. The third kappa shape index (κ3) is 4.82. The Hall–Kier alpha value is -2.74. The van der Waals surface area contributed by atoms with Gasteiger partial charge in [0.2, 0.25) is 0 Å². The number of aliphatic hydroxyl groups is 1. The van der Waals surface area contributed by atoms with E-state index < -0.39 is 12.1 Å². The summed E-state index contributed by atoms with van der Waals surface area (Å²) in [6.45, 7) is 1.94. The number of nitrogens with zero attached hydrogens (tertiary/aromatic N) is 2. The van der Waals surface area contributed by atoms with E-state index in [9.17, 15) is 9.90 Å². The van der Waals surface area contributed by atoms with Gasteiger partial charge in [-0.25, -0.2) is 9.48 Å². The van der Waals surface area contributed by atoms with Gasteiger partial charge in [-0.3, -0.25) is 0 Å². The van der Waals surface area contributed by atoms with Crippen molar-refractivity contribution in [3.63, 3.8) is 0 Å². The summed E-state index contributed by atoms with van der Waals surface area (Å²) in [6.07, 6.45) is -0.855. The number of benzene rings is 2. The molecule has 2 aromatic carbocycles. The predicted octanol–water partition coefficient (Wildman–Crippen LogP) is 4.43. The van der Waals surface area contributed by atoms with Gasteiger partial charge < -0.3 is 20.9 Å². The average molecular weight is 435 g/mol. The van der Waals surface area contributed by atoms with Crippen molar-refractivity contribution in [2.45, 2.75) is 19.6 Å². The zero-order chi connectivity index (χ0) is 21.0. The molecule has 1 heterocycles. The second kappa shape index (κ2) is 9.17. The molecule has 0 fully saturated rings. The molecule has 0 saturated carbocycles. The monoisotopic (exact) mass is 434 g/mol. The van der Waals surface area contributed by atoms with E-state index in [1.165, 1.54) is 4.68 Å². The maximum Gasteiger partial charge on any atom is 0.345 e. The second-order valence-corrected chi connectivity index (χ2v) is 7.01. The number of nitrogens with two attached hydrogens (primary N) is 1. The fourth-order valence-corrected chi connectivity index (χ4v) is 3.06. The Kier molecular flexibility index (Phi) is 6.64. The molecule has 0 bridgehead atoms. The molecule has 0 saturated heterocycles. The molecule has 3 rings (SSSR count). The van der Waals surface area contributed by atoms with Gasteiger partial charge in [0.05, 0.1) is 29.3 Å². The van der Waals surface area contributed by atoms with E-state index >= 15 is 0 Å². The summed E-state index contributed by atoms with van der Waals surface area (Å²) in [4.78, 5) is 12.5. The summed E-state index contributed by atoms with van der Waals surface area (Å²) in [5.41, 5.74) is 7.53. The largest absolute Gasteiger partial charge is 0.462 e. The van der Waals surface area contributed by atoms with Crippen molar-refractivity contribution in [1.82, 2.24) is 9.78 Å². The molecule has 1 aromatic heterocycles. The van der Waals surface area contributed by atoms with E-state index in [1.54, 1.807) is 37.3 Å².